The van der Waals surface area contributed by atoms with Crippen LogP contribution in [0, 0.1) is 0 Å². The second kappa shape index (κ2) is 5.23. The van der Waals surface area contributed by atoms with Gasteiger partial charge in [-0.25, -0.2) is 0 Å². The van der Waals surface area contributed by atoms with Gasteiger partial charge in [-0.3, -0.25) is 0 Å². The van der Waals surface area contributed by atoms with Gasteiger partial charge in [0, 0.05) is 22.9 Å². The summed E-state index contributed by atoms with van der Waals surface area (Å²) in [5.41, 5.74) is 1.18. The van der Waals surface area contributed by atoms with Crippen LogP contribution in [0.15, 0.2) is 35.7 Å². The number of methoxy groups -OCH3 is 1. The molecule has 1 aromatic carbocycles. The van der Waals surface area contributed by atoms with Crippen LogP contribution in [-0.4, -0.2) is 14.2 Å². The normalized spacial score (nSPS) is 21.6. The van der Waals surface area contributed by atoms with Crippen molar-refractivity contribution in [3.8, 4) is 11.5 Å². The van der Waals surface area contributed by atoms with Crippen LogP contribution in [-0.2, 0) is 0 Å². The van der Waals surface area contributed by atoms with Crippen molar-refractivity contribution >= 4 is 11.3 Å². The third-order valence-corrected chi connectivity index (χ3v) is 4.48. The summed E-state index contributed by atoms with van der Waals surface area (Å²) in [5, 5.41) is 5.47. The van der Waals surface area contributed by atoms with Gasteiger partial charge in [0.25, 0.3) is 0 Å². The van der Waals surface area contributed by atoms with E-state index in [9.17, 15) is 0 Å². The number of benzene rings is 1. The Morgan fingerprint density at radius 2 is 2.26 bits per heavy atom. The number of ether oxygens (including phenoxy) is 2. The van der Waals surface area contributed by atoms with Crippen LogP contribution in [0.4, 0.5) is 0 Å². The Morgan fingerprint density at radius 1 is 1.37 bits per heavy atom. The average molecular weight is 275 g/mol. The lowest BCUT2D eigenvalue weighted by Crippen LogP contribution is -2.26. The smallest absolute Gasteiger partial charge is 0.135 e. The van der Waals surface area contributed by atoms with Gasteiger partial charge < -0.3 is 14.8 Å². The van der Waals surface area contributed by atoms with Crippen molar-refractivity contribution < 1.29 is 9.47 Å². The molecule has 0 amide bonds. The Balaban J connectivity index is 1.95. The molecule has 1 N–H and O–H groups in total. The maximum Gasteiger partial charge on any atom is 0.135 e. The zero-order chi connectivity index (χ0) is 13.2. The Bertz CT molecular complexity index is 553. The predicted molar refractivity (Wildman–Crippen MR) is 77.1 cm³/mol. The molecule has 3 nitrogen and oxygen atoms in total. The second-order valence-corrected chi connectivity index (χ2v) is 5.58. The Kier molecular flexibility index (Phi) is 3.44. The van der Waals surface area contributed by atoms with Crippen molar-refractivity contribution in [1.29, 1.82) is 0 Å². The summed E-state index contributed by atoms with van der Waals surface area (Å²) < 4.78 is 11.4. The van der Waals surface area contributed by atoms with Gasteiger partial charge in [-0.15, -0.1) is 11.3 Å². The molecule has 0 spiro atoms. The van der Waals surface area contributed by atoms with Crippen molar-refractivity contribution in [3.63, 3.8) is 0 Å². The molecule has 1 aromatic heterocycles. The number of hydrogen-bond donors (Lipinski definition) is 1. The standard InChI is InChI=1S/C15H17NO2S/c1-16-12-9-14(15-4-3-7-19-15)18-13-6-5-10(17-2)8-11(12)13/h3-8,12,14,16H,9H2,1-2H3. The van der Waals surface area contributed by atoms with Gasteiger partial charge in [-0.05, 0) is 36.7 Å². The fourth-order valence-electron chi connectivity index (χ4n) is 2.50. The molecular weight excluding hydrogens is 258 g/mol. The molecule has 2 unspecified atom stereocenters. The summed E-state index contributed by atoms with van der Waals surface area (Å²) in [6.07, 6.45) is 1.08. The Morgan fingerprint density at radius 3 is 2.95 bits per heavy atom. The van der Waals surface area contributed by atoms with E-state index >= 15 is 0 Å². The van der Waals surface area contributed by atoms with E-state index < -0.39 is 0 Å². The summed E-state index contributed by atoms with van der Waals surface area (Å²) in [5.74, 6) is 1.82. The first-order chi connectivity index (χ1) is 9.31. The fraction of sp³-hybridized carbons (Fsp3) is 0.333. The molecule has 0 saturated carbocycles. The first kappa shape index (κ1) is 12.5. The van der Waals surface area contributed by atoms with Gasteiger partial charge in [-0.2, -0.15) is 0 Å². The number of fused-ring (bicyclic) bond motifs is 1. The van der Waals surface area contributed by atoms with Crippen molar-refractivity contribution in [2.45, 2.75) is 18.6 Å². The van der Waals surface area contributed by atoms with E-state index in [-0.39, 0.29) is 6.10 Å². The molecule has 0 bridgehead atoms. The third-order valence-electron chi connectivity index (χ3n) is 3.52. The lowest BCUT2D eigenvalue weighted by atomic mass is 9.95. The fourth-order valence-corrected chi connectivity index (χ4v) is 3.27. The number of rotatable bonds is 3. The Labute approximate surface area is 117 Å². The lowest BCUT2D eigenvalue weighted by molar-refractivity contribution is 0.157. The van der Waals surface area contributed by atoms with Crippen molar-refractivity contribution in [2.75, 3.05) is 14.2 Å². The maximum absolute atomic E-state index is 6.12. The van der Waals surface area contributed by atoms with E-state index in [1.807, 2.05) is 19.2 Å². The number of thiophene rings is 1. The van der Waals surface area contributed by atoms with E-state index in [4.69, 9.17) is 9.47 Å². The third kappa shape index (κ3) is 2.33. The van der Waals surface area contributed by atoms with Crippen molar-refractivity contribution in [1.82, 2.24) is 5.32 Å². The van der Waals surface area contributed by atoms with Crippen LogP contribution in [0.3, 0.4) is 0 Å². The molecule has 2 aromatic rings. The van der Waals surface area contributed by atoms with Crippen LogP contribution < -0.4 is 14.8 Å². The molecule has 0 saturated heterocycles. The highest BCUT2D eigenvalue weighted by Crippen LogP contribution is 2.42. The molecular formula is C15H17NO2S. The van der Waals surface area contributed by atoms with Gasteiger partial charge in [0.15, 0.2) is 0 Å². The highest BCUT2D eigenvalue weighted by Gasteiger charge is 2.29. The Hall–Kier alpha value is -1.52. The summed E-state index contributed by atoms with van der Waals surface area (Å²) in [7, 11) is 3.68. The van der Waals surface area contributed by atoms with E-state index in [0.717, 1.165) is 17.9 Å². The minimum atomic E-state index is 0.137. The first-order valence-electron chi connectivity index (χ1n) is 6.37. The average Bonchev–Trinajstić information content (AvgIpc) is 2.99. The summed E-state index contributed by atoms with van der Waals surface area (Å²) >= 11 is 1.75. The molecule has 0 fully saturated rings. The van der Waals surface area contributed by atoms with Crippen LogP contribution in [0.25, 0.3) is 0 Å². The van der Waals surface area contributed by atoms with E-state index in [1.54, 1.807) is 18.4 Å². The summed E-state index contributed by atoms with van der Waals surface area (Å²) in [6, 6.07) is 10.5. The van der Waals surface area contributed by atoms with E-state index in [0.29, 0.717) is 6.04 Å². The molecule has 0 aliphatic carbocycles. The van der Waals surface area contributed by atoms with Gasteiger partial charge >= 0.3 is 0 Å². The van der Waals surface area contributed by atoms with Crippen LogP contribution in [0.5, 0.6) is 11.5 Å². The lowest BCUT2D eigenvalue weighted by Gasteiger charge is -2.31. The first-order valence-corrected chi connectivity index (χ1v) is 7.25. The molecule has 19 heavy (non-hydrogen) atoms. The molecule has 2 heterocycles. The predicted octanol–water partition coefficient (Wildman–Crippen LogP) is 3.54. The summed E-state index contributed by atoms with van der Waals surface area (Å²) in [6.45, 7) is 0. The highest BCUT2D eigenvalue weighted by molar-refractivity contribution is 7.10. The topological polar surface area (TPSA) is 30.5 Å². The van der Waals surface area contributed by atoms with E-state index in [1.165, 1.54) is 10.4 Å². The highest BCUT2D eigenvalue weighted by atomic mass is 32.1. The monoisotopic (exact) mass is 275 g/mol. The van der Waals surface area contributed by atoms with Crippen LogP contribution in [0.2, 0.25) is 0 Å². The molecule has 2 atom stereocenters. The molecule has 1 aliphatic rings. The van der Waals surface area contributed by atoms with Crippen molar-refractivity contribution in [3.05, 3.63) is 46.2 Å². The number of nitrogens with one attached hydrogen (secondary N) is 1. The number of hydrogen-bond acceptors (Lipinski definition) is 4. The molecule has 100 valence electrons. The quantitative estimate of drug-likeness (QED) is 0.929. The zero-order valence-electron chi connectivity index (χ0n) is 11.1. The van der Waals surface area contributed by atoms with Gasteiger partial charge in [0.1, 0.15) is 17.6 Å². The van der Waals surface area contributed by atoms with Crippen LogP contribution in [0.1, 0.15) is 29.0 Å². The van der Waals surface area contributed by atoms with Gasteiger partial charge in [-0.1, -0.05) is 6.07 Å². The minimum Gasteiger partial charge on any atom is -0.497 e. The van der Waals surface area contributed by atoms with Crippen molar-refractivity contribution in [2.24, 2.45) is 0 Å². The van der Waals surface area contributed by atoms with E-state index in [2.05, 4.69) is 28.9 Å². The van der Waals surface area contributed by atoms with Crippen LogP contribution >= 0.6 is 11.3 Å². The van der Waals surface area contributed by atoms with Gasteiger partial charge in [0.05, 0.1) is 7.11 Å². The summed E-state index contributed by atoms with van der Waals surface area (Å²) in [4.78, 5) is 1.28. The second-order valence-electron chi connectivity index (χ2n) is 4.60. The SMILES string of the molecule is CNC1CC(c2cccs2)Oc2ccc(OC)cc21. The zero-order valence-corrected chi connectivity index (χ0v) is 11.9. The molecule has 1 aliphatic heterocycles. The largest absolute Gasteiger partial charge is 0.497 e. The molecule has 4 heteroatoms. The maximum atomic E-state index is 6.12. The molecule has 3 rings (SSSR count). The minimum absolute atomic E-state index is 0.137. The van der Waals surface area contributed by atoms with Gasteiger partial charge in [0.2, 0.25) is 0 Å². The molecule has 0 radical (unpaired) electrons.